The van der Waals surface area contributed by atoms with Crippen LogP contribution in [0.1, 0.15) is 53.2 Å². The number of allylic oxidation sites excluding steroid dienone is 2. The van der Waals surface area contributed by atoms with Crippen LogP contribution in [0, 0.1) is 0 Å². The molecule has 3 aromatic carbocycles. The van der Waals surface area contributed by atoms with Crippen molar-refractivity contribution in [3.8, 4) is 22.3 Å². The van der Waals surface area contributed by atoms with Crippen LogP contribution >= 0.6 is 0 Å². The predicted octanol–water partition coefficient (Wildman–Crippen LogP) is 7.29. The number of aromatic nitrogens is 4. The van der Waals surface area contributed by atoms with E-state index in [9.17, 15) is 0 Å². The number of hydrogen-bond acceptors (Lipinski definition) is 5. The first kappa shape index (κ1) is 26.0. The smallest absolute Gasteiger partial charge is 0.136 e. The van der Waals surface area contributed by atoms with E-state index in [1.165, 1.54) is 44.8 Å². The lowest BCUT2D eigenvalue weighted by Gasteiger charge is -2.43. The minimum absolute atomic E-state index is 0.591. The molecule has 1 aliphatic heterocycles. The van der Waals surface area contributed by atoms with E-state index in [1.807, 2.05) is 24.7 Å². The normalized spacial score (nSPS) is 21.1. The highest BCUT2D eigenvalue weighted by atomic mass is 15.4. The van der Waals surface area contributed by atoms with E-state index >= 15 is 0 Å². The molecule has 45 heavy (non-hydrogen) atoms. The summed E-state index contributed by atoms with van der Waals surface area (Å²) in [6.45, 7) is 5.22. The maximum Gasteiger partial charge on any atom is 0.136 e. The summed E-state index contributed by atoms with van der Waals surface area (Å²) in [7, 11) is 2.17. The minimum Gasteiger partial charge on any atom is -0.359 e. The number of nitrogens with one attached hydrogen (secondary N) is 1. The Morgan fingerprint density at radius 1 is 0.600 bits per heavy atom. The Balaban J connectivity index is 1.32. The predicted molar refractivity (Wildman–Crippen MR) is 176 cm³/mol. The average molecular weight is 585 g/mol. The molecule has 0 fully saturated rings. The fourth-order valence-electron chi connectivity index (χ4n) is 8.29. The molecule has 3 aliphatic rings. The standard InChI is InChI=1S/C39H32N6/c1-25-26(2)45(24-44(25)3)39(34-15-7-5-11-30(34)32-13-9-22-41-37(32)39)28-18-16-27(17-19-28)38(35-20-23-42-43-35)33-14-6-4-10-29(33)31-12-8-21-40-36(31)38/h4-23H,24H2,1-3H3,(H,42,43). The summed E-state index contributed by atoms with van der Waals surface area (Å²) >= 11 is 0. The van der Waals surface area contributed by atoms with E-state index in [4.69, 9.17) is 9.97 Å². The maximum atomic E-state index is 5.14. The highest BCUT2D eigenvalue weighted by molar-refractivity contribution is 5.85. The van der Waals surface area contributed by atoms with Crippen LogP contribution in [-0.2, 0) is 11.0 Å². The zero-order valence-corrected chi connectivity index (χ0v) is 25.5. The van der Waals surface area contributed by atoms with Gasteiger partial charge in [0.05, 0.1) is 23.8 Å². The molecule has 0 amide bonds. The van der Waals surface area contributed by atoms with E-state index in [0.717, 1.165) is 34.9 Å². The van der Waals surface area contributed by atoms with Gasteiger partial charge in [-0.1, -0.05) is 84.9 Å². The Morgan fingerprint density at radius 2 is 1.20 bits per heavy atom. The third-order valence-corrected chi connectivity index (χ3v) is 10.4. The second-order valence-corrected chi connectivity index (χ2v) is 12.3. The Labute approximate surface area is 262 Å². The monoisotopic (exact) mass is 584 g/mol. The molecule has 6 heteroatoms. The lowest BCUT2D eigenvalue weighted by Crippen LogP contribution is -2.46. The highest BCUT2D eigenvalue weighted by Gasteiger charge is 2.53. The fourth-order valence-corrected chi connectivity index (χ4v) is 8.29. The average Bonchev–Trinajstić information content (AvgIpc) is 3.85. The van der Waals surface area contributed by atoms with Crippen LogP contribution in [0.4, 0.5) is 0 Å². The molecule has 0 radical (unpaired) electrons. The molecular formula is C39H32N6. The number of nitrogens with zero attached hydrogens (tertiary/aromatic N) is 5. The SMILES string of the molecule is CC1=C(C)N(C2(c3ccc(C4(c5ccn[nH]5)c5ccccc5-c5cccnc54)cc3)c3ccccc3-c3cccnc32)CN1C. The first-order valence-electron chi connectivity index (χ1n) is 15.5. The van der Waals surface area contributed by atoms with Crippen LogP contribution in [-0.4, -0.2) is 43.7 Å². The van der Waals surface area contributed by atoms with Crippen LogP contribution in [0.5, 0.6) is 0 Å². The van der Waals surface area contributed by atoms with E-state index in [0.29, 0.717) is 0 Å². The third-order valence-electron chi connectivity index (χ3n) is 10.4. The Kier molecular flexibility index (Phi) is 5.34. The number of fused-ring (bicyclic) bond motifs is 6. The summed E-state index contributed by atoms with van der Waals surface area (Å²) in [5.74, 6) is 0. The fraction of sp³-hybridized carbons (Fsp3) is 0.154. The molecule has 2 unspecified atom stereocenters. The zero-order chi connectivity index (χ0) is 30.3. The first-order valence-corrected chi connectivity index (χ1v) is 15.5. The number of benzene rings is 3. The van der Waals surface area contributed by atoms with E-state index in [2.05, 4.69) is 138 Å². The molecule has 218 valence electrons. The molecule has 2 aliphatic carbocycles. The summed E-state index contributed by atoms with van der Waals surface area (Å²) < 4.78 is 0. The Morgan fingerprint density at radius 3 is 1.87 bits per heavy atom. The van der Waals surface area contributed by atoms with Crippen molar-refractivity contribution in [1.29, 1.82) is 0 Å². The zero-order valence-electron chi connectivity index (χ0n) is 25.5. The maximum absolute atomic E-state index is 5.14. The number of pyridine rings is 2. The molecule has 4 heterocycles. The van der Waals surface area contributed by atoms with Crippen molar-refractivity contribution in [1.82, 2.24) is 30.0 Å². The molecule has 0 spiro atoms. The third kappa shape index (κ3) is 3.16. The van der Waals surface area contributed by atoms with Crippen LogP contribution in [0.15, 0.2) is 133 Å². The minimum atomic E-state index is -0.626. The van der Waals surface area contributed by atoms with Gasteiger partial charge in [-0.15, -0.1) is 0 Å². The van der Waals surface area contributed by atoms with Gasteiger partial charge in [-0.05, 0) is 65.4 Å². The van der Waals surface area contributed by atoms with Crippen molar-refractivity contribution in [2.75, 3.05) is 13.7 Å². The molecule has 1 N–H and O–H groups in total. The topological polar surface area (TPSA) is 60.9 Å². The van der Waals surface area contributed by atoms with E-state index in [1.54, 1.807) is 0 Å². The molecule has 3 aromatic heterocycles. The number of aromatic amines is 1. The molecule has 0 saturated carbocycles. The summed E-state index contributed by atoms with van der Waals surface area (Å²) in [6, 6.07) is 37.3. The number of H-pyrrole nitrogens is 1. The van der Waals surface area contributed by atoms with Gasteiger partial charge in [-0.2, -0.15) is 5.10 Å². The Hall–Kier alpha value is -5.49. The van der Waals surface area contributed by atoms with Crippen molar-refractivity contribution in [3.05, 3.63) is 172 Å². The van der Waals surface area contributed by atoms with Gasteiger partial charge >= 0.3 is 0 Å². The van der Waals surface area contributed by atoms with Gasteiger partial charge < -0.3 is 9.80 Å². The van der Waals surface area contributed by atoms with Gasteiger partial charge in [0.15, 0.2) is 0 Å². The van der Waals surface area contributed by atoms with Crippen molar-refractivity contribution in [2.45, 2.75) is 24.8 Å². The highest BCUT2D eigenvalue weighted by Crippen LogP contribution is 2.57. The number of rotatable bonds is 4. The molecule has 0 saturated heterocycles. The summed E-state index contributed by atoms with van der Waals surface area (Å²) in [5.41, 5.74) is 14.0. The quantitative estimate of drug-likeness (QED) is 0.235. The van der Waals surface area contributed by atoms with Crippen molar-refractivity contribution < 1.29 is 0 Å². The molecule has 6 nitrogen and oxygen atoms in total. The molecular weight excluding hydrogens is 552 g/mol. The van der Waals surface area contributed by atoms with Crippen molar-refractivity contribution >= 4 is 0 Å². The first-order chi connectivity index (χ1) is 22.1. The molecule has 2 atom stereocenters. The summed E-state index contributed by atoms with van der Waals surface area (Å²) in [6.07, 6.45) is 5.67. The van der Waals surface area contributed by atoms with E-state index in [-0.39, 0.29) is 0 Å². The van der Waals surface area contributed by atoms with E-state index < -0.39 is 11.0 Å². The van der Waals surface area contributed by atoms with Gasteiger partial charge in [0.1, 0.15) is 11.0 Å². The summed E-state index contributed by atoms with van der Waals surface area (Å²) in [4.78, 5) is 15.1. The number of hydrogen-bond donors (Lipinski definition) is 1. The van der Waals surface area contributed by atoms with Gasteiger partial charge in [0, 0.05) is 48.2 Å². The summed E-state index contributed by atoms with van der Waals surface area (Å²) in [5, 5.41) is 7.77. The van der Waals surface area contributed by atoms with Crippen LogP contribution in [0.2, 0.25) is 0 Å². The van der Waals surface area contributed by atoms with Gasteiger partial charge in [-0.25, -0.2) is 0 Å². The molecule has 6 aromatic rings. The lowest BCUT2D eigenvalue weighted by atomic mass is 9.71. The van der Waals surface area contributed by atoms with Crippen molar-refractivity contribution in [2.24, 2.45) is 0 Å². The second kappa shape index (κ2) is 9.26. The molecule has 0 bridgehead atoms. The largest absolute Gasteiger partial charge is 0.359 e. The van der Waals surface area contributed by atoms with Gasteiger partial charge in [0.2, 0.25) is 0 Å². The second-order valence-electron chi connectivity index (χ2n) is 12.3. The van der Waals surface area contributed by atoms with Crippen LogP contribution in [0.3, 0.4) is 0 Å². The van der Waals surface area contributed by atoms with Gasteiger partial charge in [-0.3, -0.25) is 15.1 Å². The van der Waals surface area contributed by atoms with Crippen LogP contribution in [0.25, 0.3) is 22.3 Å². The Bertz CT molecular complexity index is 2050. The van der Waals surface area contributed by atoms with Crippen molar-refractivity contribution in [3.63, 3.8) is 0 Å². The van der Waals surface area contributed by atoms with Crippen LogP contribution < -0.4 is 0 Å². The van der Waals surface area contributed by atoms with Gasteiger partial charge in [0.25, 0.3) is 0 Å². The molecule has 9 rings (SSSR count). The lowest BCUT2D eigenvalue weighted by molar-refractivity contribution is 0.178.